The second-order valence-electron chi connectivity index (χ2n) is 7.60. The number of carbonyl (C=O) groups excluding carboxylic acids is 1. The molecule has 0 fully saturated rings. The van der Waals surface area contributed by atoms with Crippen LogP contribution in [0.3, 0.4) is 0 Å². The van der Waals surface area contributed by atoms with E-state index in [1.807, 2.05) is 0 Å². The van der Waals surface area contributed by atoms with Gasteiger partial charge in [0.15, 0.2) is 5.78 Å². The Morgan fingerprint density at radius 3 is 2.40 bits per heavy atom. The van der Waals surface area contributed by atoms with Gasteiger partial charge in [0.1, 0.15) is 0 Å². The molecule has 0 spiro atoms. The van der Waals surface area contributed by atoms with Crippen molar-refractivity contribution in [3.63, 3.8) is 0 Å². The van der Waals surface area contributed by atoms with E-state index in [0.717, 1.165) is 12.1 Å². The monoisotopic (exact) mass is 492 g/mol. The SMILES string of the molecule is Cn1nnc(-c2cc(C(=O)CCCOCCOCCN)ccc2Nc2ccc(C(F)(F)F)cc2)n1. The van der Waals surface area contributed by atoms with Gasteiger partial charge in [0.2, 0.25) is 5.82 Å². The maximum atomic E-state index is 12.9. The number of rotatable bonds is 13. The maximum absolute atomic E-state index is 12.9. The highest BCUT2D eigenvalue weighted by molar-refractivity contribution is 5.98. The van der Waals surface area contributed by atoms with Gasteiger partial charge in [-0.25, -0.2) is 0 Å². The second-order valence-corrected chi connectivity index (χ2v) is 7.60. The first-order valence-corrected chi connectivity index (χ1v) is 11.0. The first kappa shape index (κ1) is 26.3. The number of carbonyl (C=O) groups is 1. The Morgan fingerprint density at radius 2 is 1.77 bits per heavy atom. The number of aromatic nitrogens is 4. The molecule has 0 aliphatic carbocycles. The number of hydrogen-bond donors (Lipinski definition) is 2. The van der Waals surface area contributed by atoms with Gasteiger partial charge in [-0.3, -0.25) is 4.79 Å². The first-order valence-electron chi connectivity index (χ1n) is 11.0. The number of Topliss-reactive ketones (excluding diaryl/α,β-unsaturated/α-hetero) is 1. The molecule has 2 aromatic carbocycles. The Labute approximate surface area is 200 Å². The van der Waals surface area contributed by atoms with E-state index in [0.29, 0.717) is 61.9 Å². The molecule has 0 unspecified atom stereocenters. The lowest BCUT2D eigenvalue weighted by Gasteiger charge is -2.13. The summed E-state index contributed by atoms with van der Waals surface area (Å²) in [5.41, 5.74) is 6.51. The van der Waals surface area contributed by atoms with Crippen LogP contribution in [0.4, 0.5) is 24.5 Å². The van der Waals surface area contributed by atoms with Crippen molar-refractivity contribution in [3.8, 4) is 11.4 Å². The van der Waals surface area contributed by atoms with Crippen LogP contribution in [0.2, 0.25) is 0 Å². The number of alkyl halides is 3. The third-order valence-electron chi connectivity index (χ3n) is 4.91. The fourth-order valence-electron chi connectivity index (χ4n) is 3.19. The summed E-state index contributed by atoms with van der Waals surface area (Å²) in [4.78, 5) is 14.0. The van der Waals surface area contributed by atoms with Crippen LogP contribution in [0.1, 0.15) is 28.8 Å². The Morgan fingerprint density at radius 1 is 1.06 bits per heavy atom. The molecule has 0 bridgehead atoms. The quantitative estimate of drug-likeness (QED) is 0.275. The lowest BCUT2D eigenvalue weighted by Crippen LogP contribution is -2.12. The van der Waals surface area contributed by atoms with Crippen molar-refractivity contribution in [2.24, 2.45) is 12.8 Å². The van der Waals surface area contributed by atoms with Crippen molar-refractivity contribution < 1.29 is 27.4 Å². The van der Waals surface area contributed by atoms with E-state index in [-0.39, 0.29) is 18.0 Å². The number of nitrogens with one attached hydrogen (secondary N) is 1. The summed E-state index contributed by atoms with van der Waals surface area (Å²) in [6, 6.07) is 9.61. The minimum atomic E-state index is -4.42. The van der Waals surface area contributed by atoms with Gasteiger partial charge in [-0.15, -0.1) is 10.2 Å². The number of hydrogen-bond acceptors (Lipinski definition) is 8. The van der Waals surface area contributed by atoms with Crippen LogP contribution in [0.25, 0.3) is 11.4 Å². The standard InChI is InChI=1S/C23H27F3N6O3/c1-32-30-22(29-31-32)19-15-16(21(33)3-2-11-34-13-14-35-12-10-27)4-9-20(19)28-18-7-5-17(6-8-18)23(24,25)26/h4-9,15,28H,2-3,10-14,27H2,1H3. The molecule has 3 N–H and O–H groups in total. The van der Waals surface area contributed by atoms with Gasteiger partial charge in [0.25, 0.3) is 0 Å². The minimum Gasteiger partial charge on any atom is -0.379 e. The lowest BCUT2D eigenvalue weighted by molar-refractivity contribution is -0.137. The summed E-state index contributed by atoms with van der Waals surface area (Å²) in [6.45, 7) is 2.24. The zero-order valence-corrected chi connectivity index (χ0v) is 19.2. The van der Waals surface area contributed by atoms with E-state index < -0.39 is 11.7 Å². The normalized spacial score (nSPS) is 11.6. The Kier molecular flexibility index (Phi) is 9.29. The van der Waals surface area contributed by atoms with Crippen molar-refractivity contribution in [3.05, 3.63) is 53.6 Å². The Balaban J connectivity index is 1.68. The van der Waals surface area contributed by atoms with E-state index in [4.69, 9.17) is 15.2 Å². The maximum Gasteiger partial charge on any atom is 0.416 e. The van der Waals surface area contributed by atoms with Crippen LogP contribution in [-0.4, -0.2) is 59.0 Å². The van der Waals surface area contributed by atoms with Crippen molar-refractivity contribution in [2.75, 3.05) is 38.3 Å². The molecule has 12 heteroatoms. The summed E-state index contributed by atoms with van der Waals surface area (Å²) >= 11 is 0. The lowest BCUT2D eigenvalue weighted by atomic mass is 10.0. The predicted molar refractivity (Wildman–Crippen MR) is 123 cm³/mol. The van der Waals surface area contributed by atoms with Gasteiger partial charge in [-0.05, 0) is 54.1 Å². The summed E-state index contributed by atoms with van der Waals surface area (Å²) < 4.78 is 49.2. The largest absolute Gasteiger partial charge is 0.416 e. The molecule has 0 atom stereocenters. The van der Waals surface area contributed by atoms with Crippen LogP contribution >= 0.6 is 0 Å². The van der Waals surface area contributed by atoms with Crippen LogP contribution in [0.15, 0.2) is 42.5 Å². The molecular weight excluding hydrogens is 465 g/mol. The zero-order valence-electron chi connectivity index (χ0n) is 19.2. The molecule has 0 amide bonds. The molecule has 0 aliphatic rings. The molecule has 188 valence electrons. The number of nitrogens with two attached hydrogens (primary N) is 1. The van der Waals surface area contributed by atoms with E-state index >= 15 is 0 Å². The fraction of sp³-hybridized carbons (Fsp3) is 0.391. The third kappa shape index (κ3) is 7.84. The number of ketones is 1. The molecule has 0 aliphatic heterocycles. The Hall–Kier alpha value is -3.35. The number of ether oxygens (including phenoxy) is 2. The summed E-state index contributed by atoms with van der Waals surface area (Å²) in [6.07, 6.45) is -3.60. The van der Waals surface area contributed by atoms with Gasteiger partial charge >= 0.3 is 6.18 Å². The number of anilines is 2. The van der Waals surface area contributed by atoms with Crippen LogP contribution < -0.4 is 11.1 Å². The van der Waals surface area contributed by atoms with E-state index in [9.17, 15) is 18.0 Å². The molecule has 0 radical (unpaired) electrons. The number of benzene rings is 2. The first-order chi connectivity index (χ1) is 16.8. The summed E-state index contributed by atoms with van der Waals surface area (Å²) in [5, 5.41) is 15.1. The summed E-state index contributed by atoms with van der Waals surface area (Å²) in [5.74, 6) is 0.191. The van der Waals surface area contributed by atoms with Gasteiger partial charge < -0.3 is 20.5 Å². The van der Waals surface area contributed by atoms with Crippen LogP contribution in [-0.2, 0) is 22.7 Å². The average molecular weight is 493 g/mol. The van der Waals surface area contributed by atoms with Crippen LogP contribution in [0, 0.1) is 0 Å². The fourth-order valence-corrected chi connectivity index (χ4v) is 3.19. The minimum absolute atomic E-state index is 0.0841. The van der Waals surface area contributed by atoms with Gasteiger partial charge in [0.05, 0.1) is 32.4 Å². The van der Waals surface area contributed by atoms with Crippen LogP contribution in [0.5, 0.6) is 0 Å². The second kappa shape index (κ2) is 12.4. The van der Waals surface area contributed by atoms with Gasteiger partial charge in [0, 0.05) is 42.1 Å². The molecule has 35 heavy (non-hydrogen) atoms. The molecule has 0 saturated carbocycles. The summed E-state index contributed by atoms with van der Waals surface area (Å²) in [7, 11) is 1.61. The number of halogens is 3. The molecule has 9 nitrogen and oxygen atoms in total. The third-order valence-corrected chi connectivity index (χ3v) is 4.91. The molecule has 3 rings (SSSR count). The molecule has 1 heterocycles. The van der Waals surface area contributed by atoms with Crippen molar-refractivity contribution in [1.29, 1.82) is 0 Å². The number of aryl methyl sites for hydroxylation is 1. The van der Waals surface area contributed by atoms with E-state index in [1.54, 1.807) is 25.2 Å². The molecule has 0 saturated heterocycles. The molecule has 1 aromatic heterocycles. The van der Waals surface area contributed by atoms with Crippen molar-refractivity contribution in [2.45, 2.75) is 19.0 Å². The number of nitrogens with zero attached hydrogens (tertiary/aromatic N) is 4. The zero-order chi connectivity index (χ0) is 25.3. The highest BCUT2D eigenvalue weighted by Crippen LogP contribution is 2.32. The smallest absolute Gasteiger partial charge is 0.379 e. The van der Waals surface area contributed by atoms with E-state index in [2.05, 4.69) is 20.7 Å². The van der Waals surface area contributed by atoms with E-state index in [1.165, 1.54) is 16.9 Å². The van der Waals surface area contributed by atoms with Gasteiger partial charge in [-0.1, -0.05) is 0 Å². The highest BCUT2D eigenvalue weighted by atomic mass is 19.4. The molecular formula is C23H27F3N6O3. The van der Waals surface area contributed by atoms with Crippen molar-refractivity contribution >= 4 is 17.2 Å². The predicted octanol–water partition coefficient (Wildman–Crippen LogP) is 3.59. The van der Waals surface area contributed by atoms with Gasteiger partial charge in [-0.2, -0.15) is 18.0 Å². The van der Waals surface area contributed by atoms with Crippen molar-refractivity contribution in [1.82, 2.24) is 20.2 Å². The highest BCUT2D eigenvalue weighted by Gasteiger charge is 2.30. The average Bonchev–Trinajstić information content (AvgIpc) is 3.26. The Bertz CT molecular complexity index is 1100. The topological polar surface area (TPSA) is 117 Å². The number of tetrazole rings is 1. The molecule has 3 aromatic rings.